The Morgan fingerprint density at radius 2 is 1.56 bits per heavy atom. The largest absolute Gasteiger partial charge is 0.481 e. The van der Waals surface area contributed by atoms with Gasteiger partial charge in [-0.3, -0.25) is 9.59 Å². The van der Waals surface area contributed by atoms with Crippen LogP contribution in [0.4, 0.5) is 5.69 Å². The van der Waals surface area contributed by atoms with E-state index in [4.69, 9.17) is 4.74 Å². The predicted molar refractivity (Wildman–Crippen MR) is 128 cm³/mol. The maximum atomic E-state index is 12.8. The standard InChI is InChI=1S/C26H35N3O3/c1-18(2)20-8-12-24(13-9-20)32-19(3)25(30)27-22-14-16-29(17-15-22)26(31)21-6-10-23(11-7-21)28(4)5/h6-13,18-19,22H,14-17H2,1-5H3,(H,27,30). The van der Waals surface area contributed by atoms with E-state index < -0.39 is 6.10 Å². The SMILES string of the molecule is CC(Oc1ccc(C(C)C)cc1)C(=O)NC1CCN(C(=O)c2ccc(N(C)C)cc2)CC1. The lowest BCUT2D eigenvalue weighted by Gasteiger charge is -2.33. The highest BCUT2D eigenvalue weighted by molar-refractivity contribution is 5.94. The van der Waals surface area contributed by atoms with Crippen molar-refractivity contribution in [2.45, 2.75) is 51.7 Å². The van der Waals surface area contributed by atoms with Crippen molar-refractivity contribution < 1.29 is 14.3 Å². The summed E-state index contributed by atoms with van der Waals surface area (Å²) in [6, 6.07) is 15.6. The first kappa shape index (κ1) is 23.6. The number of nitrogens with zero attached hydrogens (tertiary/aromatic N) is 2. The van der Waals surface area contributed by atoms with Crippen LogP contribution < -0.4 is 15.0 Å². The van der Waals surface area contributed by atoms with Crippen LogP contribution in [0.3, 0.4) is 0 Å². The first-order valence-electron chi connectivity index (χ1n) is 11.4. The minimum absolute atomic E-state index is 0.0432. The molecule has 0 aliphatic carbocycles. The summed E-state index contributed by atoms with van der Waals surface area (Å²) in [7, 11) is 3.95. The van der Waals surface area contributed by atoms with Crippen LogP contribution in [0.2, 0.25) is 0 Å². The lowest BCUT2D eigenvalue weighted by molar-refractivity contribution is -0.128. The Bertz CT molecular complexity index is 899. The highest BCUT2D eigenvalue weighted by Gasteiger charge is 2.26. The van der Waals surface area contributed by atoms with E-state index in [9.17, 15) is 9.59 Å². The Balaban J connectivity index is 1.46. The Hall–Kier alpha value is -3.02. The van der Waals surface area contributed by atoms with E-state index in [0.717, 1.165) is 18.5 Å². The average Bonchev–Trinajstić information content (AvgIpc) is 2.79. The highest BCUT2D eigenvalue weighted by atomic mass is 16.5. The molecule has 1 atom stereocenters. The molecule has 3 rings (SSSR count). The average molecular weight is 438 g/mol. The van der Waals surface area contributed by atoms with Crippen molar-refractivity contribution in [3.63, 3.8) is 0 Å². The second kappa shape index (κ2) is 10.5. The van der Waals surface area contributed by atoms with Gasteiger partial charge < -0.3 is 19.9 Å². The van der Waals surface area contributed by atoms with Crippen molar-refractivity contribution in [1.82, 2.24) is 10.2 Å². The molecule has 0 bridgehead atoms. The normalized spacial score (nSPS) is 15.4. The van der Waals surface area contributed by atoms with E-state index >= 15 is 0 Å². The van der Waals surface area contributed by atoms with Crippen molar-refractivity contribution in [3.8, 4) is 5.75 Å². The van der Waals surface area contributed by atoms with Gasteiger partial charge in [-0.1, -0.05) is 26.0 Å². The number of carbonyl (C=O) groups is 2. The molecule has 1 aliphatic heterocycles. The molecule has 1 aliphatic rings. The zero-order valence-electron chi connectivity index (χ0n) is 19.8. The van der Waals surface area contributed by atoms with Gasteiger partial charge in [0.05, 0.1) is 0 Å². The Morgan fingerprint density at radius 3 is 2.09 bits per heavy atom. The second-order valence-electron chi connectivity index (χ2n) is 9.00. The number of benzene rings is 2. The summed E-state index contributed by atoms with van der Waals surface area (Å²) in [6.45, 7) is 7.31. The summed E-state index contributed by atoms with van der Waals surface area (Å²) < 4.78 is 5.82. The van der Waals surface area contributed by atoms with Gasteiger partial charge in [-0.25, -0.2) is 0 Å². The van der Waals surface area contributed by atoms with Gasteiger partial charge in [0.15, 0.2) is 6.10 Å². The third-order valence-corrected chi connectivity index (χ3v) is 5.99. The van der Waals surface area contributed by atoms with Crippen molar-refractivity contribution in [2.75, 3.05) is 32.1 Å². The molecule has 1 saturated heterocycles. The Kier molecular flexibility index (Phi) is 7.78. The number of carbonyl (C=O) groups excluding carboxylic acids is 2. The lowest BCUT2D eigenvalue weighted by Crippen LogP contribution is -2.49. The first-order valence-corrected chi connectivity index (χ1v) is 11.4. The molecule has 1 N–H and O–H groups in total. The molecule has 172 valence electrons. The molecule has 32 heavy (non-hydrogen) atoms. The number of hydrogen-bond donors (Lipinski definition) is 1. The molecule has 2 aromatic carbocycles. The van der Waals surface area contributed by atoms with Gasteiger partial charge in [0.1, 0.15) is 5.75 Å². The number of amides is 2. The fraction of sp³-hybridized carbons (Fsp3) is 0.462. The van der Waals surface area contributed by atoms with Crippen molar-refractivity contribution in [3.05, 3.63) is 59.7 Å². The maximum absolute atomic E-state index is 12.8. The second-order valence-corrected chi connectivity index (χ2v) is 9.00. The van der Waals surface area contributed by atoms with E-state index in [1.54, 1.807) is 6.92 Å². The molecule has 1 fully saturated rings. The van der Waals surface area contributed by atoms with Crippen molar-refractivity contribution >= 4 is 17.5 Å². The monoisotopic (exact) mass is 437 g/mol. The summed E-state index contributed by atoms with van der Waals surface area (Å²) in [5.74, 6) is 1.07. The van der Waals surface area contributed by atoms with Gasteiger partial charge in [-0.05, 0) is 67.6 Å². The molecule has 1 unspecified atom stereocenters. The maximum Gasteiger partial charge on any atom is 0.260 e. The van der Waals surface area contributed by atoms with Crippen LogP contribution >= 0.6 is 0 Å². The molecule has 0 radical (unpaired) electrons. The van der Waals surface area contributed by atoms with Crippen LogP contribution in [0, 0.1) is 0 Å². The molecule has 2 amide bonds. The van der Waals surface area contributed by atoms with Crippen LogP contribution in [0.15, 0.2) is 48.5 Å². The van der Waals surface area contributed by atoms with Crippen LogP contribution in [0.5, 0.6) is 5.75 Å². The van der Waals surface area contributed by atoms with Gasteiger partial charge in [0.25, 0.3) is 11.8 Å². The lowest BCUT2D eigenvalue weighted by atomic mass is 10.0. The fourth-order valence-electron chi connectivity index (χ4n) is 3.82. The highest BCUT2D eigenvalue weighted by Crippen LogP contribution is 2.20. The van der Waals surface area contributed by atoms with E-state index in [1.807, 2.05) is 72.4 Å². The van der Waals surface area contributed by atoms with E-state index in [0.29, 0.717) is 30.3 Å². The fourth-order valence-corrected chi connectivity index (χ4v) is 3.82. The van der Waals surface area contributed by atoms with Gasteiger partial charge in [0.2, 0.25) is 0 Å². The molecular weight excluding hydrogens is 402 g/mol. The number of piperidine rings is 1. The molecule has 0 saturated carbocycles. The Labute approximate surface area is 191 Å². The number of likely N-dealkylation sites (tertiary alicyclic amines) is 1. The summed E-state index contributed by atoms with van der Waals surface area (Å²) >= 11 is 0. The van der Waals surface area contributed by atoms with Gasteiger partial charge in [0, 0.05) is 44.5 Å². The minimum Gasteiger partial charge on any atom is -0.481 e. The molecule has 0 aromatic heterocycles. The number of rotatable bonds is 7. The molecular formula is C26H35N3O3. The third-order valence-electron chi connectivity index (χ3n) is 5.99. The smallest absolute Gasteiger partial charge is 0.260 e. The summed E-state index contributed by atoms with van der Waals surface area (Å²) in [5, 5.41) is 3.08. The van der Waals surface area contributed by atoms with Crippen molar-refractivity contribution in [2.24, 2.45) is 0 Å². The zero-order chi connectivity index (χ0) is 23.3. The topological polar surface area (TPSA) is 61.9 Å². The summed E-state index contributed by atoms with van der Waals surface area (Å²) in [5.41, 5.74) is 3.00. The number of anilines is 1. The Morgan fingerprint density at radius 1 is 0.969 bits per heavy atom. The number of hydrogen-bond acceptors (Lipinski definition) is 4. The van der Waals surface area contributed by atoms with Gasteiger partial charge in [-0.2, -0.15) is 0 Å². The van der Waals surface area contributed by atoms with E-state index in [2.05, 4.69) is 19.2 Å². The molecule has 1 heterocycles. The molecule has 6 nitrogen and oxygen atoms in total. The first-order chi connectivity index (χ1) is 15.2. The summed E-state index contributed by atoms with van der Waals surface area (Å²) in [4.78, 5) is 29.3. The van der Waals surface area contributed by atoms with Crippen molar-refractivity contribution in [1.29, 1.82) is 0 Å². The zero-order valence-corrected chi connectivity index (χ0v) is 19.8. The van der Waals surface area contributed by atoms with E-state index in [1.165, 1.54) is 5.56 Å². The van der Waals surface area contributed by atoms with Gasteiger partial charge in [-0.15, -0.1) is 0 Å². The summed E-state index contributed by atoms with van der Waals surface area (Å²) in [6.07, 6.45) is 0.904. The van der Waals surface area contributed by atoms with Crippen LogP contribution in [-0.4, -0.2) is 56.0 Å². The minimum atomic E-state index is -0.574. The van der Waals surface area contributed by atoms with Gasteiger partial charge >= 0.3 is 0 Å². The van der Waals surface area contributed by atoms with Crippen LogP contribution in [0.25, 0.3) is 0 Å². The quantitative estimate of drug-likeness (QED) is 0.710. The molecule has 0 spiro atoms. The third kappa shape index (κ3) is 6.02. The number of nitrogens with one attached hydrogen (secondary N) is 1. The van der Waals surface area contributed by atoms with Crippen LogP contribution in [-0.2, 0) is 4.79 Å². The molecule has 6 heteroatoms. The number of ether oxygens (including phenoxy) is 1. The van der Waals surface area contributed by atoms with E-state index in [-0.39, 0.29) is 17.9 Å². The predicted octanol–water partition coefficient (Wildman–Crippen LogP) is 4.06. The molecule has 2 aromatic rings. The van der Waals surface area contributed by atoms with Crippen LogP contribution in [0.1, 0.15) is 55.5 Å².